The lowest BCUT2D eigenvalue weighted by molar-refractivity contribution is -0.133. The molecular weight excluding hydrogens is 498 g/mol. The summed E-state index contributed by atoms with van der Waals surface area (Å²) >= 11 is 0. The van der Waals surface area contributed by atoms with Crippen LogP contribution in [-0.2, 0) is 25.8 Å². The van der Waals surface area contributed by atoms with Crippen LogP contribution in [-0.4, -0.2) is 68.5 Å². The summed E-state index contributed by atoms with van der Waals surface area (Å²) in [4.78, 5) is 30.5. The molecule has 1 saturated heterocycles. The van der Waals surface area contributed by atoms with E-state index < -0.39 is 15.3 Å². The zero-order chi connectivity index (χ0) is 27.9. The molecule has 0 radical (unpaired) electrons. The van der Waals surface area contributed by atoms with Crippen LogP contribution in [0.25, 0.3) is 0 Å². The van der Waals surface area contributed by atoms with Crippen molar-refractivity contribution in [1.29, 1.82) is 0 Å². The molecule has 1 aliphatic heterocycles. The summed E-state index contributed by atoms with van der Waals surface area (Å²) in [5.41, 5.74) is 1.49. The summed E-state index contributed by atoms with van der Waals surface area (Å²) in [6.07, 6.45) is 4.11. The third-order valence-corrected chi connectivity index (χ3v) is 8.42. The van der Waals surface area contributed by atoms with Crippen LogP contribution in [0.1, 0.15) is 64.1 Å². The van der Waals surface area contributed by atoms with Gasteiger partial charge in [0.25, 0.3) is 0 Å². The molecule has 1 N–H and O–H groups in total. The minimum Gasteiger partial charge on any atom is -0.349 e. The maximum atomic E-state index is 13.1. The molecule has 3 rings (SSSR count). The minimum atomic E-state index is -3.25. The third-order valence-electron chi connectivity index (χ3n) is 7.29. The third kappa shape index (κ3) is 8.40. The number of piperidine rings is 1. The summed E-state index contributed by atoms with van der Waals surface area (Å²) in [6, 6.07) is 16.9. The van der Waals surface area contributed by atoms with Crippen molar-refractivity contribution < 1.29 is 18.0 Å². The summed E-state index contributed by atoms with van der Waals surface area (Å²) in [5.74, 6) is 0.125. The standard InChI is InChI=1S/C30H43N3O4S/c1-6-33(28(34)22-23-12-14-26(15-13-23)38(5,36)37)25-16-19-32(20-17-25)21-18-27(24-10-8-7-9-11-24)31-29(35)30(2,3)4/h7-15,25,27H,6,16-22H2,1-5H3,(H,31,35). The van der Waals surface area contributed by atoms with E-state index in [1.807, 2.05) is 50.8 Å². The maximum absolute atomic E-state index is 13.1. The van der Waals surface area contributed by atoms with Crippen LogP contribution in [0.5, 0.6) is 0 Å². The predicted octanol–water partition coefficient (Wildman–Crippen LogP) is 4.24. The second-order valence-corrected chi connectivity index (χ2v) is 13.3. The smallest absolute Gasteiger partial charge is 0.227 e. The molecule has 1 aliphatic rings. The highest BCUT2D eigenvalue weighted by Gasteiger charge is 2.29. The first-order chi connectivity index (χ1) is 17.9. The number of sulfone groups is 1. The quantitative estimate of drug-likeness (QED) is 0.486. The number of carbonyl (C=O) groups excluding carboxylic acids is 2. The van der Waals surface area contributed by atoms with Crippen molar-refractivity contribution in [3.8, 4) is 0 Å². The van der Waals surface area contributed by atoms with E-state index in [0.717, 1.165) is 50.0 Å². The Labute approximate surface area is 228 Å². The van der Waals surface area contributed by atoms with E-state index in [4.69, 9.17) is 0 Å². The molecule has 0 bridgehead atoms. The van der Waals surface area contributed by atoms with Crippen LogP contribution in [0.4, 0.5) is 0 Å². The maximum Gasteiger partial charge on any atom is 0.227 e. The molecule has 1 heterocycles. The molecule has 7 nitrogen and oxygen atoms in total. The average molecular weight is 542 g/mol. The largest absolute Gasteiger partial charge is 0.349 e. The van der Waals surface area contributed by atoms with E-state index in [0.29, 0.717) is 6.54 Å². The number of nitrogens with one attached hydrogen (secondary N) is 1. The fourth-order valence-corrected chi connectivity index (χ4v) is 5.55. The fourth-order valence-electron chi connectivity index (χ4n) is 4.92. The van der Waals surface area contributed by atoms with Gasteiger partial charge in [0, 0.05) is 43.9 Å². The van der Waals surface area contributed by atoms with E-state index in [2.05, 4.69) is 22.3 Å². The lowest BCUT2D eigenvalue weighted by Crippen LogP contribution is -2.48. The van der Waals surface area contributed by atoms with Gasteiger partial charge in [0.2, 0.25) is 11.8 Å². The number of rotatable bonds is 10. The van der Waals surface area contributed by atoms with Crippen molar-refractivity contribution in [3.05, 3.63) is 65.7 Å². The fraction of sp³-hybridized carbons (Fsp3) is 0.533. The molecule has 2 amide bonds. The van der Waals surface area contributed by atoms with Crippen molar-refractivity contribution in [2.45, 2.75) is 70.4 Å². The van der Waals surface area contributed by atoms with Gasteiger partial charge in [0.1, 0.15) is 0 Å². The van der Waals surface area contributed by atoms with Gasteiger partial charge in [0.05, 0.1) is 17.4 Å². The zero-order valence-corrected chi connectivity index (χ0v) is 24.3. The molecule has 0 spiro atoms. The van der Waals surface area contributed by atoms with Gasteiger partial charge in [-0.1, -0.05) is 63.2 Å². The summed E-state index contributed by atoms with van der Waals surface area (Å²) < 4.78 is 23.4. The highest BCUT2D eigenvalue weighted by molar-refractivity contribution is 7.90. The molecule has 0 saturated carbocycles. The molecule has 208 valence electrons. The Morgan fingerprint density at radius 2 is 1.63 bits per heavy atom. The zero-order valence-electron chi connectivity index (χ0n) is 23.4. The van der Waals surface area contributed by atoms with Gasteiger partial charge in [-0.2, -0.15) is 0 Å². The summed E-state index contributed by atoms with van der Waals surface area (Å²) in [5, 5.41) is 3.25. The van der Waals surface area contributed by atoms with Gasteiger partial charge in [-0.05, 0) is 49.4 Å². The first-order valence-electron chi connectivity index (χ1n) is 13.5. The van der Waals surface area contributed by atoms with Gasteiger partial charge in [0.15, 0.2) is 9.84 Å². The van der Waals surface area contributed by atoms with Crippen molar-refractivity contribution in [2.75, 3.05) is 32.4 Å². The average Bonchev–Trinajstić information content (AvgIpc) is 2.87. The van der Waals surface area contributed by atoms with Crippen LogP contribution < -0.4 is 5.32 Å². The number of amides is 2. The number of hydrogen-bond donors (Lipinski definition) is 1. The van der Waals surface area contributed by atoms with E-state index in [1.165, 1.54) is 6.26 Å². The number of hydrogen-bond acceptors (Lipinski definition) is 5. The van der Waals surface area contributed by atoms with Gasteiger partial charge in [-0.15, -0.1) is 0 Å². The van der Waals surface area contributed by atoms with Crippen LogP contribution in [0, 0.1) is 5.41 Å². The molecule has 0 aromatic heterocycles. The molecule has 1 atom stereocenters. The Hall–Kier alpha value is -2.71. The normalized spacial score (nSPS) is 16.1. The Bertz CT molecular complexity index is 1170. The Morgan fingerprint density at radius 1 is 1.03 bits per heavy atom. The van der Waals surface area contributed by atoms with Gasteiger partial charge >= 0.3 is 0 Å². The van der Waals surface area contributed by atoms with Crippen molar-refractivity contribution in [3.63, 3.8) is 0 Å². The molecule has 38 heavy (non-hydrogen) atoms. The monoisotopic (exact) mass is 541 g/mol. The number of likely N-dealkylation sites (tertiary alicyclic amines) is 1. The number of carbonyl (C=O) groups is 2. The van der Waals surface area contributed by atoms with Crippen molar-refractivity contribution in [2.24, 2.45) is 5.41 Å². The molecule has 8 heteroatoms. The minimum absolute atomic E-state index is 0.0385. The van der Waals surface area contributed by atoms with Gasteiger partial charge in [-0.3, -0.25) is 9.59 Å². The lowest BCUT2D eigenvalue weighted by atomic mass is 9.93. The van der Waals surface area contributed by atoms with Gasteiger partial charge < -0.3 is 15.1 Å². The molecule has 2 aromatic rings. The van der Waals surface area contributed by atoms with Crippen molar-refractivity contribution >= 4 is 21.7 Å². The summed E-state index contributed by atoms with van der Waals surface area (Å²) in [6.45, 7) is 11.2. The first-order valence-corrected chi connectivity index (χ1v) is 15.4. The van der Waals surface area contributed by atoms with Crippen LogP contribution in [0.2, 0.25) is 0 Å². The Morgan fingerprint density at radius 3 is 2.16 bits per heavy atom. The second kappa shape index (κ2) is 12.9. The molecule has 0 aliphatic carbocycles. The van der Waals surface area contributed by atoms with E-state index in [-0.39, 0.29) is 35.2 Å². The highest BCUT2D eigenvalue weighted by Crippen LogP contribution is 2.23. The first kappa shape index (κ1) is 29.8. The SMILES string of the molecule is CCN(C(=O)Cc1ccc(S(C)(=O)=O)cc1)C1CCN(CCC(NC(=O)C(C)(C)C)c2ccccc2)CC1. The molecule has 1 unspecified atom stereocenters. The van der Waals surface area contributed by atoms with E-state index >= 15 is 0 Å². The van der Waals surface area contributed by atoms with Crippen molar-refractivity contribution in [1.82, 2.24) is 15.1 Å². The molecule has 2 aromatic carbocycles. The Balaban J connectivity index is 1.54. The van der Waals surface area contributed by atoms with Crippen LogP contribution in [0.3, 0.4) is 0 Å². The number of benzene rings is 2. The summed E-state index contributed by atoms with van der Waals surface area (Å²) in [7, 11) is -3.25. The number of nitrogens with zero attached hydrogens (tertiary/aromatic N) is 2. The topological polar surface area (TPSA) is 86.8 Å². The molecular formula is C30H43N3O4S. The van der Waals surface area contributed by atoms with Gasteiger partial charge in [-0.25, -0.2) is 8.42 Å². The highest BCUT2D eigenvalue weighted by atomic mass is 32.2. The number of likely N-dealkylation sites (N-methyl/N-ethyl adjacent to an activating group) is 1. The van der Waals surface area contributed by atoms with Crippen LogP contribution in [0.15, 0.2) is 59.5 Å². The molecule has 1 fully saturated rings. The van der Waals surface area contributed by atoms with Crippen LogP contribution >= 0.6 is 0 Å². The lowest BCUT2D eigenvalue weighted by Gasteiger charge is -2.38. The Kier molecular flexibility index (Phi) is 10.1. The van der Waals surface area contributed by atoms with E-state index in [1.54, 1.807) is 24.3 Å². The van der Waals surface area contributed by atoms with E-state index in [9.17, 15) is 18.0 Å². The predicted molar refractivity (Wildman–Crippen MR) is 152 cm³/mol. The second-order valence-electron chi connectivity index (χ2n) is 11.3.